The molecule has 0 bridgehead atoms. The largest absolute Gasteiger partial charge is 0.461 e. The van der Waals surface area contributed by atoms with Crippen LogP contribution in [0.15, 0.2) is 24.5 Å². The fourth-order valence-corrected chi connectivity index (χ4v) is 2.20. The number of hydrogen-bond acceptors (Lipinski definition) is 5. The van der Waals surface area contributed by atoms with Crippen molar-refractivity contribution in [3.05, 3.63) is 35.1 Å². The van der Waals surface area contributed by atoms with Gasteiger partial charge in [-0.2, -0.15) is 0 Å². The zero-order valence-corrected chi connectivity index (χ0v) is 12.7. The Kier molecular flexibility index (Phi) is 4.47. The molecule has 0 aliphatic carbocycles. The second-order valence-corrected chi connectivity index (χ2v) is 5.11. The standard InChI is InChI=1S/C14H16ClN3O3/c1-9-14(20)18(7-6-17(9)3)13-11(8-21-10(2)19)12(15)4-5-16-13/h4-5H,1,6-8H2,2-3H3. The lowest BCUT2D eigenvalue weighted by Gasteiger charge is -2.34. The van der Waals surface area contributed by atoms with E-state index in [1.807, 2.05) is 7.05 Å². The average Bonchev–Trinajstić information content (AvgIpc) is 2.43. The van der Waals surface area contributed by atoms with Gasteiger partial charge in [-0.1, -0.05) is 18.2 Å². The van der Waals surface area contributed by atoms with Crippen LogP contribution < -0.4 is 4.90 Å². The van der Waals surface area contributed by atoms with Gasteiger partial charge in [0, 0.05) is 33.3 Å². The summed E-state index contributed by atoms with van der Waals surface area (Å²) in [4.78, 5) is 30.8. The molecule has 2 rings (SSSR count). The van der Waals surface area contributed by atoms with E-state index in [1.165, 1.54) is 18.0 Å². The van der Waals surface area contributed by atoms with Crippen molar-refractivity contribution in [2.75, 3.05) is 25.0 Å². The number of carbonyl (C=O) groups excluding carboxylic acids is 2. The van der Waals surface area contributed by atoms with Gasteiger partial charge in [0.05, 0.1) is 16.3 Å². The molecule has 0 atom stereocenters. The summed E-state index contributed by atoms with van der Waals surface area (Å²) in [6.07, 6.45) is 1.52. The van der Waals surface area contributed by atoms with Gasteiger partial charge < -0.3 is 9.64 Å². The van der Waals surface area contributed by atoms with Crippen LogP contribution >= 0.6 is 11.6 Å². The van der Waals surface area contributed by atoms with Gasteiger partial charge in [0.2, 0.25) is 0 Å². The lowest BCUT2D eigenvalue weighted by atomic mass is 10.2. The molecule has 1 aromatic rings. The van der Waals surface area contributed by atoms with Crippen LogP contribution in [0.2, 0.25) is 5.02 Å². The number of rotatable bonds is 3. The van der Waals surface area contributed by atoms with Crippen molar-refractivity contribution in [1.29, 1.82) is 0 Å². The Balaban J connectivity index is 2.35. The zero-order valence-electron chi connectivity index (χ0n) is 11.9. The Hall–Kier alpha value is -2.08. The molecule has 7 heteroatoms. The highest BCUT2D eigenvalue weighted by Gasteiger charge is 2.29. The molecule has 1 saturated heterocycles. The van der Waals surface area contributed by atoms with Crippen molar-refractivity contribution in [1.82, 2.24) is 9.88 Å². The third-order valence-electron chi connectivity index (χ3n) is 3.26. The SMILES string of the molecule is C=C1C(=O)N(c2nccc(Cl)c2COC(C)=O)CCN1C. The highest BCUT2D eigenvalue weighted by atomic mass is 35.5. The fraction of sp³-hybridized carbons (Fsp3) is 0.357. The second kappa shape index (κ2) is 6.13. The summed E-state index contributed by atoms with van der Waals surface area (Å²) in [5, 5.41) is 0.401. The molecular formula is C14H16ClN3O3. The molecule has 0 N–H and O–H groups in total. The molecule has 0 aromatic carbocycles. The number of anilines is 1. The lowest BCUT2D eigenvalue weighted by molar-refractivity contribution is -0.142. The summed E-state index contributed by atoms with van der Waals surface area (Å²) in [5.41, 5.74) is 0.904. The molecule has 1 aromatic heterocycles. The molecule has 1 aliphatic rings. The van der Waals surface area contributed by atoms with E-state index < -0.39 is 5.97 Å². The van der Waals surface area contributed by atoms with E-state index >= 15 is 0 Å². The molecule has 112 valence electrons. The third kappa shape index (κ3) is 3.16. The minimum atomic E-state index is -0.421. The van der Waals surface area contributed by atoms with E-state index in [0.717, 1.165) is 0 Å². The summed E-state index contributed by atoms with van der Waals surface area (Å²) in [6.45, 7) is 6.17. The highest BCUT2D eigenvalue weighted by molar-refractivity contribution is 6.31. The number of amides is 1. The smallest absolute Gasteiger partial charge is 0.302 e. The number of piperazine rings is 1. The van der Waals surface area contributed by atoms with E-state index in [0.29, 0.717) is 35.2 Å². The van der Waals surface area contributed by atoms with Crippen LogP contribution in [-0.4, -0.2) is 41.9 Å². The molecule has 2 heterocycles. The summed E-state index contributed by atoms with van der Waals surface area (Å²) in [6, 6.07) is 1.60. The topological polar surface area (TPSA) is 62.7 Å². The number of halogens is 1. The maximum atomic E-state index is 12.3. The van der Waals surface area contributed by atoms with Crippen LogP contribution in [0.3, 0.4) is 0 Å². The van der Waals surface area contributed by atoms with Crippen molar-refractivity contribution >= 4 is 29.3 Å². The molecular weight excluding hydrogens is 294 g/mol. The number of pyridine rings is 1. The normalized spacial score (nSPS) is 15.4. The maximum Gasteiger partial charge on any atom is 0.302 e. The number of hydrogen-bond donors (Lipinski definition) is 0. The van der Waals surface area contributed by atoms with Crippen LogP contribution in [0.25, 0.3) is 0 Å². The summed E-state index contributed by atoms with van der Waals surface area (Å²) in [7, 11) is 1.81. The number of aromatic nitrogens is 1. The van der Waals surface area contributed by atoms with Gasteiger partial charge in [-0.15, -0.1) is 0 Å². The van der Waals surface area contributed by atoms with Crippen LogP contribution in [0.1, 0.15) is 12.5 Å². The van der Waals surface area contributed by atoms with Gasteiger partial charge in [-0.25, -0.2) is 4.98 Å². The number of nitrogens with zero attached hydrogens (tertiary/aromatic N) is 3. The van der Waals surface area contributed by atoms with E-state index in [2.05, 4.69) is 11.6 Å². The number of carbonyl (C=O) groups is 2. The molecule has 0 radical (unpaired) electrons. The van der Waals surface area contributed by atoms with E-state index in [1.54, 1.807) is 11.0 Å². The molecule has 1 aliphatic heterocycles. The lowest BCUT2D eigenvalue weighted by Crippen LogP contribution is -2.47. The molecule has 1 fully saturated rings. The summed E-state index contributed by atoms with van der Waals surface area (Å²) < 4.78 is 4.99. The average molecular weight is 310 g/mol. The first kappa shape index (κ1) is 15.3. The predicted octanol–water partition coefficient (Wildman–Crippen LogP) is 1.59. The molecule has 0 saturated carbocycles. The highest BCUT2D eigenvalue weighted by Crippen LogP contribution is 2.28. The van der Waals surface area contributed by atoms with Crippen LogP contribution in [-0.2, 0) is 20.9 Å². The molecule has 6 nitrogen and oxygen atoms in total. The second-order valence-electron chi connectivity index (χ2n) is 4.70. The minimum absolute atomic E-state index is 0.0244. The summed E-state index contributed by atoms with van der Waals surface area (Å²) in [5.74, 6) is -0.249. The number of likely N-dealkylation sites (N-methyl/N-ethyl adjacent to an activating group) is 1. The molecule has 0 spiro atoms. The molecule has 1 amide bonds. The quantitative estimate of drug-likeness (QED) is 0.627. The number of esters is 1. The van der Waals surface area contributed by atoms with Crippen LogP contribution in [0.4, 0.5) is 5.82 Å². The van der Waals surface area contributed by atoms with Gasteiger partial charge in [0.1, 0.15) is 12.4 Å². The predicted molar refractivity (Wildman–Crippen MR) is 78.8 cm³/mol. The Morgan fingerprint density at radius 1 is 1.52 bits per heavy atom. The first-order valence-corrected chi connectivity index (χ1v) is 6.78. The Labute approximate surface area is 127 Å². The maximum absolute atomic E-state index is 12.3. The minimum Gasteiger partial charge on any atom is -0.461 e. The van der Waals surface area contributed by atoms with E-state index in [9.17, 15) is 9.59 Å². The first-order chi connectivity index (χ1) is 9.91. The Morgan fingerprint density at radius 3 is 2.90 bits per heavy atom. The molecule has 21 heavy (non-hydrogen) atoms. The van der Waals surface area contributed by atoms with Gasteiger partial charge in [-0.05, 0) is 6.07 Å². The monoisotopic (exact) mass is 309 g/mol. The summed E-state index contributed by atoms with van der Waals surface area (Å²) >= 11 is 6.14. The van der Waals surface area contributed by atoms with Gasteiger partial charge >= 0.3 is 5.97 Å². The van der Waals surface area contributed by atoms with Gasteiger partial charge in [0.15, 0.2) is 0 Å². The third-order valence-corrected chi connectivity index (χ3v) is 3.62. The van der Waals surface area contributed by atoms with Crippen molar-refractivity contribution < 1.29 is 14.3 Å². The van der Waals surface area contributed by atoms with Crippen molar-refractivity contribution in [3.8, 4) is 0 Å². The van der Waals surface area contributed by atoms with Crippen LogP contribution in [0.5, 0.6) is 0 Å². The van der Waals surface area contributed by atoms with Crippen molar-refractivity contribution in [2.45, 2.75) is 13.5 Å². The Bertz CT molecular complexity index is 603. The first-order valence-electron chi connectivity index (χ1n) is 6.40. The van der Waals surface area contributed by atoms with E-state index in [4.69, 9.17) is 16.3 Å². The van der Waals surface area contributed by atoms with Crippen LogP contribution in [0, 0.1) is 0 Å². The molecule has 0 unspecified atom stereocenters. The van der Waals surface area contributed by atoms with Crippen molar-refractivity contribution in [3.63, 3.8) is 0 Å². The van der Waals surface area contributed by atoms with E-state index in [-0.39, 0.29) is 12.5 Å². The van der Waals surface area contributed by atoms with Crippen molar-refractivity contribution in [2.24, 2.45) is 0 Å². The van der Waals surface area contributed by atoms with Gasteiger partial charge in [-0.3, -0.25) is 14.5 Å². The van der Waals surface area contributed by atoms with Gasteiger partial charge in [0.25, 0.3) is 5.91 Å². The zero-order chi connectivity index (χ0) is 15.6. The Morgan fingerprint density at radius 2 is 2.24 bits per heavy atom. The number of ether oxygens (including phenoxy) is 1. The fourth-order valence-electron chi connectivity index (χ4n) is 2.01.